The molecule has 90 valence electrons. The molecule has 17 heavy (non-hydrogen) atoms. The first kappa shape index (κ1) is 13.2. The second kappa shape index (κ2) is 5.43. The average Bonchev–Trinajstić information content (AvgIpc) is 2.24. The first-order valence-electron chi connectivity index (χ1n) is 5.38. The van der Waals surface area contributed by atoms with Gasteiger partial charge >= 0.3 is 5.97 Å². The van der Waals surface area contributed by atoms with Gasteiger partial charge in [0.1, 0.15) is 11.9 Å². The third kappa shape index (κ3) is 4.23. The maximum atomic E-state index is 11.9. The molecule has 0 spiro atoms. The lowest BCUT2D eigenvalue weighted by atomic mass is 10.1. The second-order valence-corrected chi connectivity index (χ2v) is 4.58. The van der Waals surface area contributed by atoms with E-state index in [0.717, 1.165) is 0 Å². The summed E-state index contributed by atoms with van der Waals surface area (Å²) in [7, 11) is 0. The molecule has 0 aromatic heterocycles. The fourth-order valence-electron chi connectivity index (χ4n) is 1.30. The van der Waals surface area contributed by atoms with E-state index >= 15 is 0 Å². The highest BCUT2D eigenvalue weighted by Crippen LogP contribution is 2.16. The summed E-state index contributed by atoms with van der Waals surface area (Å²) in [6.07, 6.45) is 3.61. The highest BCUT2D eigenvalue weighted by atomic mass is 16.6. The summed E-state index contributed by atoms with van der Waals surface area (Å²) in [6, 6.07) is 7.01. The van der Waals surface area contributed by atoms with Crippen LogP contribution in [0.15, 0.2) is 30.3 Å². The van der Waals surface area contributed by atoms with Gasteiger partial charge in [0.05, 0.1) is 5.56 Å². The molecule has 0 fully saturated rings. The van der Waals surface area contributed by atoms with Gasteiger partial charge in [-0.25, -0.2) is 4.79 Å². The number of hydrogen-bond acceptors (Lipinski definition) is 3. The first-order valence-corrected chi connectivity index (χ1v) is 5.38. The first-order chi connectivity index (χ1) is 7.94. The van der Waals surface area contributed by atoms with E-state index in [1.54, 1.807) is 30.3 Å². The van der Waals surface area contributed by atoms with Crippen LogP contribution in [-0.4, -0.2) is 17.9 Å². The highest BCUT2D eigenvalue weighted by molar-refractivity contribution is 5.94. The van der Waals surface area contributed by atoms with Crippen molar-refractivity contribution in [3.63, 3.8) is 0 Å². The predicted molar refractivity (Wildman–Crippen MR) is 66.7 cm³/mol. The Kier molecular flexibility index (Phi) is 4.21. The normalized spacial score (nSPS) is 11.5. The lowest BCUT2D eigenvalue weighted by Crippen LogP contribution is -2.24. The van der Waals surface area contributed by atoms with Gasteiger partial charge in [-0.3, -0.25) is 4.79 Å². The van der Waals surface area contributed by atoms with Crippen molar-refractivity contribution in [1.29, 1.82) is 0 Å². The molecule has 0 atom stereocenters. The molecule has 0 saturated carbocycles. The highest BCUT2D eigenvalue weighted by Gasteiger charge is 2.19. The maximum Gasteiger partial charge on any atom is 0.339 e. The van der Waals surface area contributed by atoms with E-state index < -0.39 is 5.60 Å². The monoisotopic (exact) mass is 232 g/mol. The van der Waals surface area contributed by atoms with Crippen LogP contribution in [0.2, 0.25) is 0 Å². The van der Waals surface area contributed by atoms with Gasteiger partial charge in [-0.05, 0) is 38.5 Å². The fraction of sp³-hybridized carbons (Fsp3) is 0.286. The van der Waals surface area contributed by atoms with Crippen LogP contribution in [0, 0.1) is 0 Å². The molecule has 0 saturated heterocycles. The smallest absolute Gasteiger partial charge is 0.339 e. The molecule has 0 aliphatic carbocycles. The minimum Gasteiger partial charge on any atom is -0.456 e. The lowest BCUT2D eigenvalue weighted by Gasteiger charge is -2.20. The van der Waals surface area contributed by atoms with Gasteiger partial charge in [0.25, 0.3) is 0 Å². The van der Waals surface area contributed by atoms with Crippen LogP contribution in [0.5, 0.6) is 0 Å². The molecular weight excluding hydrogens is 216 g/mol. The number of carbonyl (C=O) groups excluding carboxylic acids is 2. The summed E-state index contributed by atoms with van der Waals surface area (Å²) in [5.41, 5.74) is 0.604. The fourth-order valence-corrected chi connectivity index (χ4v) is 1.30. The summed E-state index contributed by atoms with van der Waals surface area (Å²) in [5, 5.41) is 0. The molecule has 1 aromatic carbocycles. The number of ether oxygens (including phenoxy) is 1. The van der Waals surface area contributed by atoms with Gasteiger partial charge in [-0.1, -0.05) is 24.3 Å². The van der Waals surface area contributed by atoms with Gasteiger partial charge in [0.15, 0.2) is 0 Å². The Morgan fingerprint density at radius 3 is 2.47 bits per heavy atom. The van der Waals surface area contributed by atoms with Gasteiger partial charge < -0.3 is 4.74 Å². The van der Waals surface area contributed by atoms with E-state index in [4.69, 9.17) is 4.74 Å². The number of aldehydes is 1. The standard InChI is InChI=1S/C14H16O3/c1-14(2,3)17-13(16)12-9-5-4-7-11(12)8-6-10-15/h4-10H,1-3H3. The molecule has 3 nitrogen and oxygen atoms in total. The van der Waals surface area contributed by atoms with Crippen molar-refractivity contribution < 1.29 is 14.3 Å². The number of hydrogen-bond donors (Lipinski definition) is 0. The van der Waals surface area contributed by atoms with Crippen molar-refractivity contribution in [1.82, 2.24) is 0 Å². The lowest BCUT2D eigenvalue weighted by molar-refractivity contribution is -0.104. The molecule has 0 aliphatic heterocycles. The number of rotatable bonds is 3. The molecular formula is C14H16O3. The second-order valence-electron chi connectivity index (χ2n) is 4.58. The molecule has 0 radical (unpaired) electrons. The molecule has 3 heteroatoms. The zero-order valence-electron chi connectivity index (χ0n) is 10.3. The molecule has 0 aliphatic rings. The van der Waals surface area contributed by atoms with Crippen LogP contribution >= 0.6 is 0 Å². The molecule has 1 rings (SSSR count). The number of benzene rings is 1. The minimum absolute atomic E-state index is 0.386. The van der Waals surface area contributed by atoms with E-state index in [1.165, 1.54) is 6.08 Å². The van der Waals surface area contributed by atoms with Gasteiger partial charge in [0, 0.05) is 0 Å². The van der Waals surface area contributed by atoms with E-state index in [-0.39, 0.29) is 5.97 Å². The van der Waals surface area contributed by atoms with Crippen LogP contribution in [0.3, 0.4) is 0 Å². The van der Waals surface area contributed by atoms with Crippen molar-refractivity contribution in [2.45, 2.75) is 26.4 Å². The predicted octanol–water partition coefficient (Wildman–Crippen LogP) is 2.85. The molecule has 0 unspecified atom stereocenters. The molecule has 0 amide bonds. The van der Waals surface area contributed by atoms with E-state index in [9.17, 15) is 9.59 Å². The Morgan fingerprint density at radius 2 is 1.88 bits per heavy atom. The van der Waals surface area contributed by atoms with Crippen LogP contribution < -0.4 is 0 Å². The van der Waals surface area contributed by atoms with Gasteiger partial charge in [0.2, 0.25) is 0 Å². The third-order valence-electron chi connectivity index (χ3n) is 1.93. The van der Waals surface area contributed by atoms with Crippen LogP contribution in [-0.2, 0) is 9.53 Å². The van der Waals surface area contributed by atoms with Gasteiger partial charge in [-0.15, -0.1) is 0 Å². The summed E-state index contributed by atoms with van der Waals surface area (Å²) < 4.78 is 5.28. The molecule has 1 aromatic rings. The van der Waals surface area contributed by atoms with E-state index in [0.29, 0.717) is 17.4 Å². The molecule has 0 N–H and O–H groups in total. The summed E-state index contributed by atoms with van der Waals surface area (Å²) >= 11 is 0. The Labute approximate surface area is 101 Å². The van der Waals surface area contributed by atoms with E-state index in [1.807, 2.05) is 20.8 Å². The zero-order valence-corrected chi connectivity index (χ0v) is 10.3. The quantitative estimate of drug-likeness (QED) is 0.457. The number of allylic oxidation sites excluding steroid dienone is 1. The Bertz CT molecular complexity index is 439. The van der Waals surface area contributed by atoms with Crippen LogP contribution in [0.25, 0.3) is 6.08 Å². The summed E-state index contributed by atoms with van der Waals surface area (Å²) in [4.78, 5) is 22.2. The third-order valence-corrected chi connectivity index (χ3v) is 1.93. The van der Waals surface area contributed by atoms with Crippen molar-refractivity contribution in [3.8, 4) is 0 Å². The Morgan fingerprint density at radius 1 is 1.24 bits per heavy atom. The molecule has 0 bridgehead atoms. The topological polar surface area (TPSA) is 43.4 Å². The van der Waals surface area contributed by atoms with Crippen LogP contribution in [0.1, 0.15) is 36.7 Å². The number of carbonyl (C=O) groups is 2. The zero-order chi connectivity index (χ0) is 12.9. The van der Waals surface area contributed by atoms with Crippen molar-refractivity contribution in [3.05, 3.63) is 41.5 Å². The summed E-state index contributed by atoms with van der Waals surface area (Å²) in [5.74, 6) is -0.386. The minimum atomic E-state index is -0.529. The van der Waals surface area contributed by atoms with Crippen molar-refractivity contribution in [2.75, 3.05) is 0 Å². The van der Waals surface area contributed by atoms with Crippen LogP contribution in [0.4, 0.5) is 0 Å². The molecule has 0 heterocycles. The maximum absolute atomic E-state index is 11.9. The largest absolute Gasteiger partial charge is 0.456 e. The SMILES string of the molecule is CC(C)(C)OC(=O)c1ccccc1C=CC=O. The Balaban J connectivity index is 3.01. The summed E-state index contributed by atoms with van der Waals surface area (Å²) in [6.45, 7) is 5.44. The average molecular weight is 232 g/mol. The van der Waals surface area contributed by atoms with E-state index in [2.05, 4.69) is 0 Å². The van der Waals surface area contributed by atoms with Crippen molar-refractivity contribution in [2.24, 2.45) is 0 Å². The Hall–Kier alpha value is -1.90. The van der Waals surface area contributed by atoms with Crippen molar-refractivity contribution >= 4 is 18.3 Å². The van der Waals surface area contributed by atoms with Gasteiger partial charge in [-0.2, -0.15) is 0 Å². The number of esters is 1.